The van der Waals surface area contributed by atoms with E-state index in [4.69, 9.17) is 4.42 Å². The van der Waals surface area contributed by atoms with Crippen molar-refractivity contribution in [3.05, 3.63) is 71.1 Å². The van der Waals surface area contributed by atoms with Crippen molar-refractivity contribution in [3.63, 3.8) is 0 Å². The van der Waals surface area contributed by atoms with Gasteiger partial charge < -0.3 is 4.42 Å². The van der Waals surface area contributed by atoms with Crippen LogP contribution in [0, 0.1) is 13.8 Å². The van der Waals surface area contributed by atoms with Gasteiger partial charge in [-0.25, -0.2) is 0 Å². The smallest absolute Gasteiger partial charge is 0.247 e. The molecular formula is C19H21N3O. The molecule has 0 N–H and O–H groups in total. The standard InChI is InChI=1S/C19H21N3O/c1-14-7-6-10-16(11-14)19-21-20-18(23-19)13-22(3)12-17-9-5-4-8-15(17)2/h4-11H,12-13H2,1-3H3. The zero-order valence-electron chi connectivity index (χ0n) is 13.8. The van der Waals surface area contributed by atoms with E-state index >= 15 is 0 Å². The molecule has 0 bridgehead atoms. The Labute approximate surface area is 136 Å². The molecule has 0 saturated carbocycles. The van der Waals surface area contributed by atoms with E-state index in [1.807, 2.05) is 18.2 Å². The lowest BCUT2D eigenvalue weighted by Gasteiger charge is -2.15. The van der Waals surface area contributed by atoms with Crippen molar-refractivity contribution < 1.29 is 4.42 Å². The number of hydrogen-bond donors (Lipinski definition) is 0. The van der Waals surface area contributed by atoms with E-state index < -0.39 is 0 Å². The Morgan fingerprint density at radius 1 is 0.957 bits per heavy atom. The third-order valence-corrected chi connectivity index (χ3v) is 3.84. The Morgan fingerprint density at radius 3 is 2.57 bits per heavy atom. The van der Waals surface area contributed by atoms with Gasteiger partial charge in [-0.15, -0.1) is 10.2 Å². The van der Waals surface area contributed by atoms with Crippen molar-refractivity contribution in [3.8, 4) is 11.5 Å². The van der Waals surface area contributed by atoms with Gasteiger partial charge in [0, 0.05) is 12.1 Å². The third kappa shape index (κ3) is 3.85. The van der Waals surface area contributed by atoms with Crippen molar-refractivity contribution in [2.24, 2.45) is 0 Å². The predicted octanol–water partition coefficient (Wildman–Crippen LogP) is 3.99. The minimum Gasteiger partial charge on any atom is -0.419 e. The number of rotatable bonds is 5. The van der Waals surface area contributed by atoms with Gasteiger partial charge in [-0.1, -0.05) is 42.0 Å². The van der Waals surface area contributed by atoms with Crippen LogP contribution in [0.5, 0.6) is 0 Å². The molecule has 1 heterocycles. The highest BCUT2D eigenvalue weighted by Gasteiger charge is 2.11. The van der Waals surface area contributed by atoms with Crippen molar-refractivity contribution in [1.82, 2.24) is 15.1 Å². The molecule has 3 rings (SSSR count). The second-order valence-corrected chi connectivity index (χ2v) is 5.97. The molecule has 118 valence electrons. The summed E-state index contributed by atoms with van der Waals surface area (Å²) in [5.74, 6) is 1.21. The molecule has 0 radical (unpaired) electrons. The van der Waals surface area contributed by atoms with Crippen LogP contribution in [0.4, 0.5) is 0 Å². The summed E-state index contributed by atoms with van der Waals surface area (Å²) in [5, 5.41) is 8.33. The van der Waals surface area contributed by atoms with Crippen LogP contribution in [0.25, 0.3) is 11.5 Å². The molecule has 3 aromatic rings. The molecule has 0 saturated heterocycles. The lowest BCUT2D eigenvalue weighted by molar-refractivity contribution is 0.282. The van der Waals surface area contributed by atoms with Gasteiger partial charge in [0.05, 0.1) is 6.54 Å². The van der Waals surface area contributed by atoms with Gasteiger partial charge in [0.1, 0.15) is 0 Å². The van der Waals surface area contributed by atoms with E-state index in [2.05, 4.69) is 66.3 Å². The molecule has 0 unspecified atom stereocenters. The molecule has 0 atom stereocenters. The zero-order chi connectivity index (χ0) is 16.2. The maximum absolute atomic E-state index is 5.80. The van der Waals surface area contributed by atoms with Crippen molar-refractivity contribution in [2.45, 2.75) is 26.9 Å². The van der Waals surface area contributed by atoms with Crippen LogP contribution in [0.3, 0.4) is 0 Å². The number of hydrogen-bond acceptors (Lipinski definition) is 4. The van der Waals surface area contributed by atoms with Crippen LogP contribution in [-0.4, -0.2) is 22.1 Å². The number of nitrogens with zero attached hydrogens (tertiary/aromatic N) is 3. The summed E-state index contributed by atoms with van der Waals surface area (Å²) in [5.41, 5.74) is 4.75. The second-order valence-electron chi connectivity index (χ2n) is 5.97. The number of aryl methyl sites for hydroxylation is 2. The van der Waals surface area contributed by atoms with E-state index in [9.17, 15) is 0 Å². The number of benzene rings is 2. The van der Waals surface area contributed by atoms with Gasteiger partial charge in [0.2, 0.25) is 11.8 Å². The lowest BCUT2D eigenvalue weighted by atomic mass is 10.1. The monoisotopic (exact) mass is 307 g/mol. The average Bonchev–Trinajstić information content (AvgIpc) is 2.98. The predicted molar refractivity (Wildman–Crippen MR) is 90.8 cm³/mol. The third-order valence-electron chi connectivity index (χ3n) is 3.84. The minimum atomic E-state index is 0.577. The maximum Gasteiger partial charge on any atom is 0.247 e. The van der Waals surface area contributed by atoms with Crippen molar-refractivity contribution in [1.29, 1.82) is 0 Å². The summed E-state index contributed by atoms with van der Waals surface area (Å²) in [4.78, 5) is 2.18. The maximum atomic E-state index is 5.80. The Morgan fingerprint density at radius 2 is 1.78 bits per heavy atom. The van der Waals surface area contributed by atoms with E-state index in [1.54, 1.807) is 0 Å². The normalized spacial score (nSPS) is 11.1. The summed E-state index contributed by atoms with van der Waals surface area (Å²) in [6, 6.07) is 16.5. The summed E-state index contributed by atoms with van der Waals surface area (Å²) >= 11 is 0. The Kier molecular flexibility index (Phi) is 4.53. The summed E-state index contributed by atoms with van der Waals surface area (Å²) in [6.45, 7) is 5.67. The molecular weight excluding hydrogens is 286 g/mol. The van der Waals surface area contributed by atoms with Crippen LogP contribution in [-0.2, 0) is 13.1 Å². The first-order valence-corrected chi connectivity index (χ1v) is 7.74. The Balaban J connectivity index is 1.68. The molecule has 0 aliphatic heterocycles. The molecule has 0 amide bonds. The van der Waals surface area contributed by atoms with E-state index in [1.165, 1.54) is 16.7 Å². The van der Waals surface area contributed by atoms with Crippen LogP contribution >= 0.6 is 0 Å². The minimum absolute atomic E-state index is 0.577. The lowest BCUT2D eigenvalue weighted by Crippen LogP contribution is -2.18. The van der Waals surface area contributed by atoms with Gasteiger partial charge in [-0.3, -0.25) is 4.90 Å². The van der Waals surface area contributed by atoms with Crippen LogP contribution in [0.1, 0.15) is 22.6 Å². The highest BCUT2D eigenvalue weighted by molar-refractivity contribution is 5.53. The van der Waals surface area contributed by atoms with Gasteiger partial charge in [0.15, 0.2) is 0 Å². The first-order chi connectivity index (χ1) is 11.1. The van der Waals surface area contributed by atoms with Gasteiger partial charge >= 0.3 is 0 Å². The molecule has 0 aliphatic carbocycles. The van der Waals surface area contributed by atoms with Gasteiger partial charge in [-0.2, -0.15) is 0 Å². The first kappa shape index (κ1) is 15.4. The van der Waals surface area contributed by atoms with Crippen molar-refractivity contribution >= 4 is 0 Å². The highest BCUT2D eigenvalue weighted by Crippen LogP contribution is 2.19. The Hall–Kier alpha value is -2.46. The largest absolute Gasteiger partial charge is 0.419 e. The van der Waals surface area contributed by atoms with Crippen LogP contribution < -0.4 is 0 Å². The SMILES string of the molecule is Cc1cccc(-c2nnc(CN(C)Cc3ccccc3C)o2)c1. The molecule has 23 heavy (non-hydrogen) atoms. The zero-order valence-corrected chi connectivity index (χ0v) is 13.8. The van der Waals surface area contributed by atoms with E-state index in [0.29, 0.717) is 18.3 Å². The molecule has 2 aromatic carbocycles. The summed E-state index contributed by atoms with van der Waals surface area (Å²) in [7, 11) is 2.06. The highest BCUT2D eigenvalue weighted by atomic mass is 16.4. The second kappa shape index (κ2) is 6.75. The topological polar surface area (TPSA) is 42.2 Å². The fourth-order valence-electron chi connectivity index (χ4n) is 2.58. The van der Waals surface area contributed by atoms with Crippen molar-refractivity contribution in [2.75, 3.05) is 7.05 Å². The summed E-state index contributed by atoms with van der Waals surface area (Å²) < 4.78 is 5.80. The molecule has 0 aliphatic rings. The van der Waals surface area contributed by atoms with E-state index in [-0.39, 0.29) is 0 Å². The van der Waals surface area contributed by atoms with E-state index in [0.717, 1.165) is 12.1 Å². The number of aromatic nitrogens is 2. The fourth-order valence-corrected chi connectivity index (χ4v) is 2.58. The average molecular weight is 307 g/mol. The van der Waals surface area contributed by atoms with Gasteiger partial charge in [-0.05, 0) is 44.2 Å². The fraction of sp³-hybridized carbons (Fsp3) is 0.263. The molecule has 0 spiro atoms. The Bertz CT molecular complexity index is 795. The molecule has 0 fully saturated rings. The quantitative estimate of drug-likeness (QED) is 0.715. The summed E-state index contributed by atoms with van der Waals surface area (Å²) in [6.07, 6.45) is 0. The van der Waals surface area contributed by atoms with Crippen LogP contribution in [0.15, 0.2) is 52.9 Å². The molecule has 1 aromatic heterocycles. The molecule has 4 heteroatoms. The molecule has 4 nitrogen and oxygen atoms in total. The van der Waals surface area contributed by atoms with Gasteiger partial charge in [0.25, 0.3) is 0 Å². The van der Waals surface area contributed by atoms with Crippen LogP contribution in [0.2, 0.25) is 0 Å². The first-order valence-electron chi connectivity index (χ1n) is 7.74.